The zero-order valence-corrected chi connectivity index (χ0v) is 16.5. The number of benzene rings is 2. The van der Waals surface area contributed by atoms with Crippen LogP contribution in [0.3, 0.4) is 0 Å². The summed E-state index contributed by atoms with van der Waals surface area (Å²) in [6, 6.07) is 16.7. The standard InChI is InChI=1S/C22H26FN5/c1-16-21(17(2)28(27-16)20-7-5-4-6-8-20)15-26-22(24-3)25-14-13-18-9-11-19(23)12-10-18/h4-12H,13-15H2,1-3H3,(H2,24,25,26). The normalized spacial score (nSPS) is 11.5. The van der Waals surface area contributed by atoms with Gasteiger partial charge in [0.1, 0.15) is 5.82 Å². The predicted octanol–water partition coefficient (Wildman–Crippen LogP) is 3.54. The third-order valence-corrected chi connectivity index (χ3v) is 4.72. The van der Waals surface area contributed by atoms with E-state index in [1.807, 2.05) is 41.9 Å². The number of guanidine groups is 1. The second-order valence-electron chi connectivity index (χ2n) is 6.63. The van der Waals surface area contributed by atoms with E-state index in [0.29, 0.717) is 13.1 Å². The van der Waals surface area contributed by atoms with Gasteiger partial charge in [-0.05, 0) is 50.1 Å². The van der Waals surface area contributed by atoms with Gasteiger partial charge < -0.3 is 10.6 Å². The molecular formula is C22H26FN5. The molecule has 5 nitrogen and oxygen atoms in total. The van der Waals surface area contributed by atoms with Gasteiger partial charge in [-0.2, -0.15) is 5.10 Å². The molecule has 2 N–H and O–H groups in total. The third kappa shape index (κ3) is 4.76. The number of hydrogen-bond donors (Lipinski definition) is 2. The van der Waals surface area contributed by atoms with Crippen LogP contribution in [0.2, 0.25) is 0 Å². The fraction of sp³-hybridized carbons (Fsp3) is 0.273. The molecule has 0 saturated carbocycles. The minimum Gasteiger partial charge on any atom is -0.356 e. The summed E-state index contributed by atoms with van der Waals surface area (Å²) in [6.45, 7) is 5.45. The van der Waals surface area contributed by atoms with Crippen LogP contribution < -0.4 is 10.6 Å². The summed E-state index contributed by atoms with van der Waals surface area (Å²) in [6.07, 6.45) is 0.797. The lowest BCUT2D eigenvalue weighted by Gasteiger charge is -2.12. The van der Waals surface area contributed by atoms with Crippen LogP contribution in [-0.4, -0.2) is 29.3 Å². The van der Waals surface area contributed by atoms with E-state index in [2.05, 4.69) is 27.6 Å². The van der Waals surface area contributed by atoms with Crippen LogP contribution in [0, 0.1) is 19.7 Å². The summed E-state index contributed by atoms with van der Waals surface area (Å²) >= 11 is 0. The third-order valence-electron chi connectivity index (χ3n) is 4.72. The molecule has 0 aliphatic rings. The van der Waals surface area contributed by atoms with Gasteiger partial charge in [-0.25, -0.2) is 9.07 Å². The van der Waals surface area contributed by atoms with Gasteiger partial charge >= 0.3 is 0 Å². The quantitative estimate of drug-likeness (QED) is 0.509. The summed E-state index contributed by atoms with van der Waals surface area (Å²) < 4.78 is 14.9. The molecule has 0 saturated heterocycles. The smallest absolute Gasteiger partial charge is 0.191 e. The molecule has 1 aromatic heterocycles. The molecule has 0 aliphatic carbocycles. The fourth-order valence-corrected chi connectivity index (χ4v) is 3.12. The Bertz CT molecular complexity index is 930. The topological polar surface area (TPSA) is 54.2 Å². The molecule has 2 aromatic carbocycles. The zero-order valence-electron chi connectivity index (χ0n) is 16.5. The number of rotatable bonds is 6. The lowest BCUT2D eigenvalue weighted by atomic mass is 10.1. The van der Waals surface area contributed by atoms with Crippen LogP contribution in [-0.2, 0) is 13.0 Å². The van der Waals surface area contributed by atoms with Crippen LogP contribution in [0.25, 0.3) is 5.69 Å². The van der Waals surface area contributed by atoms with Crippen molar-refractivity contribution in [3.8, 4) is 5.69 Å². The van der Waals surface area contributed by atoms with Crippen molar-refractivity contribution in [2.45, 2.75) is 26.8 Å². The Balaban J connectivity index is 1.58. The highest BCUT2D eigenvalue weighted by Crippen LogP contribution is 2.17. The second-order valence-corrected chi connectivity index (χ2v) is 6.63. The van der Waals surface area contributed by atoms with Crippen molar-refractivity contribution in [1.82, 2.24) is 20.4 Å². The van der Waals surface area contributed by atoms with Crippen molar-refractivity contribution in [3.63, 3.8) is 0 Å². The first-order valence-electron chi connectivity index (χ1n) is 9.38. The average Bonchev–Trinajstić information content (AvgIpc) is 3.00. The Morgan fingerprint density at radius 3 is 2.43 bits per heavy atom. The largest absolute Gasteiger partial charge is 0.356 e. The van der Waals surface area contributed by atoms with Crippen LogP contribution in [0.5, 0.6) is 0 Å². The Labute approximate surface area is 165 Å². The zero-order chi connectivity index (χ0) is 19.9. The van der Waals surface area contributed by atoms with Crippen LogP contribution >= 0.6 is 0 Å². The molecule has 6 heteroatoms. The molecular weight excluding hydrogens is 353 g/mol. The summed E-state index contributed by atoms with van der Waals surface area (Å²) in [5.41, 5.74) is 5.40. The van der Waals surface area contributed by atoms with Gasteiger partial charge in [-0.3, -0.25) is 4.99 Å². The van der Waals surface area contributed by atoms with Crippen molar-refractivity contribution in [2.75, 3.05) is 13.6 Å². The summed E-state index contributed by atoms with van der Waals surface area (Å²) in [5.74, 6) is 0.518. The Kier molecular flexibility index (Phi) is 6.42. The first-order chi connectivity index (χ1) is 13.6. The molecule has 0 spiro atoms. The molecule has 3 aromatic rings. The first kappa shape index (κ1) is 19.6. The van der Waals surface area contributed by atoms with Gasteiger partial charge in [0, 0.05) is 31.4 Å². The Morgan fingerprint density at radius 1 is 1.04 bits per heavy atom. The molecule has 0 bridgehead atoms. The molecule has 0 aliphatic heterocycles. The van der Waals surface area contributed by atoms with Crippen molar-refractivity contribution in [2.24, 2.45) is 4.99 Å². The lowest BCUT2D eigenvalue weighted by Crippen LogP contribution is -2.38. The molecule has 0 atom stereocenters. The maximum absolute atomic E-state index is 13.0. The number of halogens is 1. The molecule has 146 valence electrons. The van der Waals surface area contributed by atoms with E-state index in [9.17, 15) is 4.39 Å². The minimum atomic E-state index is -0.212. The predicted molar refractivity (Wildman–Crippen MR) is 111 cm³/mol. The Hall–Kier alpha value is -3.15. The van der Waals surface area contributed by atoms with Gasteiger partial charge in [-0.1, -0.05) is 30.3 Å². The van der Waals surface area contributed by atoms with Crippen molar-refractivity contribution < 1.29 is 4.39 Å². The van der Waals surface area contributed by atoms with E-state index in [0.717, 1.165) is 40.6 Å². The van der Waals surface area contributed by atoms with E-state index in [1.54, 1.807) is 19.2 Å². The number of nitrogens with one attached hydrogen (secondary N) is 2. The van der Waals surface area contributed by atoms with Gasteiger partial charge in [0.05, 0.1) is 11.4 Å². The minimum absolute atomic E-state index is 0.212. The maximum atomic E-state index is 13.0. The number of aliphatic imine (C=N–C) groups is 1. The van der Waals surface area contributed by atoms with E-state index < -0.39 is 0 Å². The Morgan fingerprint density at radius 2 is 1.75 bits per heavy atom. The first-order valence-corrected chi connectivity index (χ1v) is 9.38. The summed E-state index contributed by atoms with van der Waals surface area (Å²) in [5, 5.41) is 11.3. The van der Waals surface area contributed by atoms with Crippen LogP contribution in [0.4, 0.5) is 4.39 Å². The molecule has 3 rings (SSSR count). The summed E-state index contributed by atoms with van der Waals surface area (Å²) in [7, 11) is 1.75. The van der Waals surface area contributed by atoms with Crippen molar-refractivity contribution in [3.05, 3.63) is 82.9 Å². The van der Waals surface area contributed by atoms with Gasteiger partial charge in [0.2, 0.25) is 0 Å². The summed E-state index contributed by atoms with van der Waals surface area (Å²) in [4.78, 5) is 4.28. The number of aromatic nitrogens is 2. The van der Waals surface area contributed by atoms with Gasteiger partial charge in [0.25, 0.3) is 0 Å². The highest BCUT2D eigenvalue weighted by molar-refractivity contribution is 5.79. The van der Waals surface area contributed by atoms with E-state index in [1.165, 1.54) is 12.1 Å². The fourth-order valence-electron chi connectivity index (χ4n) is 3.12. The van der Waals surface area contributed by atoms with E-state index in [-0.39, 0.29) is 5.82 Å². The average molecular weight is 379 g/mol. The molecule has 0 unspecified atom stereocenters. The SMILES string of the molecule is CN=C(NCCc1ccc(F)cc1)NCc1c(C)nn(-c2ccccc2)c1C. The number of hydrogen-bond acceptors (Lipinski definition) is 2. The number of nitrogens with zero attached hydrogens (tertiary/aromatic N) is 3. The van der Waals surface area contributed by atoms with Crippen molar-refractivity contribution in [1.29, 1.82) is 0 Å². The second kappa shape index (κ2) is 9.17. The van der Waals surface area contributed by atoms with Crippen LogP contribution in [0.15, 0.2) is 59.6 Å². The lowest BCUT2D eigenvalue weighted by molar-refractivity contribution is 0.626. The maximum Gasteiger partial charge on any atom is 0.191 e. The molecule has 0 radical (unpaired) electrons. The highest BCUT2D eigenvalue weighted by atomic mass is 19.1. The van der Waals surface area contributed by atoms with E-state index >= 15 is 0 Å². The van der Waals surface area contributed by atoms with Gasteiger partial charge in [0.15, 0.2) is 5.96 Å². The highest BCUT2D eigenvalue weighted by Gasteiger charge is 2.13. The number of para-hydroxylation sites is 1. The van der Waals surface area contributed by atoms with Crippen LogP contribution in [0.1, 0.15) is 22.5 Å². The molecule has 0 amide bonds. The molecule has 0 fully saturated rings. The molecule has 1 heterocycles. The van der Waals surface area contributed by atoms with Gasteiger partial charge in [-0.15, -0.1) is 0 Å². The molecule has 28 heavy (non-hydrogen) atoms. The van der Waals surface area contributed by atoms with Crippen molar-refractivity contribution >= 4 is 5.96 Å². The monoisotopic (exact) mass is 379 g/mol. The number of aryl methyl sites for hydroxylation is 1. The van der Waals surface area contributed by atoms with E-state index in [4.69, 9.17) is 0 Å².